The molecule has 0 aliphatic carbocycles. The summed E-state index contributed by atoms with van der Waals surface area (Å²) in [5.74, 6) is 0.310. The number of nitrogens with zero attached hydrogens (tertiary/aromatic N) is 2. The predicted octanol–water partition coefficient (Wildman–Crippen LogP) is 2.42. The number of rotatable bonds is 5. The molecule has 0 unspecified atom stereocenters. The highest BCUT2D eigenvalue weighted by molar-refractivity contribution is 7.92. The van der Waals surface area contributed by atoms with E-state index in [0.29, 0.717) is 16.0 Å². The van der Waals surface area contributed by atoms with Gasteiger partial charge in [0.1, 0.15) is 10.5 Å². The molecule has 0 fully saturated rings. The summed E-state index contributed by atoms with van der Waals surface area (Å²) in [5.41, 5.74) is 1.11. The zero-order valence-corrected chi connectivity index (χ0v) is 14.5. The van der Waals surface area contributed by atoms with Crippen molar-refractivity contribution >= 4 is 37.7 Å². The third kappa shape index (κ3) is 3.61. The van der Waals surface area contributed by atoms with Crippen LogP contribution in [-0.4, -0.2) is 29.7 Å². The Balaban J connectivity index is 1.80. The second-order valence-corrected chi connectivity index (χ2v) is 8.00. The van der Waals surface area contributed by atoms with Gasteiger partial charge in [0.15, 0.2) is 0 Å². The van der Waals surface area contributed by atoms with Gasteiger partial charge in [0.05, 0.1) is 12.1 Å². The first kappa shape index (κ1) is 16.6. The van der Waals surface area contributed by atoms with Crippen LogP contribution < -0.4 is 5.56 Å². The number of hydrogen-bond acceptors (Lipinski definition) is 5. The molecule has 0 spiro atoms. The minimum atomic E-state index is -3.62. The molecule has 2 aromatic heterocycles. The Morgan fingerprint density at radius 1 is 1.25 bits per heavy atom. The zero-order valence-electron chi connectivity index (χ0n) is 12.8. The van der Waals surface area contributed by atoms with Crippen molar-refractivity contribution in [3.8, 4) is 0 Å². The highest BCUT2D eigenvalue weighted by atomic mass is 32.2. The van der Waals surface area contributed by atoms with Crippen LogP contribution in [0.5, 0.6) is 0 Å². The molecule has 0 radical (unpaired) electrons. The molecular formula is C16H15N3O3S2. The summed E-state index contributed by atoms with van der Waals surface area (Å²) in [6.07, 6.45) is 1.53. The van der Waals surface area contributed by atoms with Crippen molar-refractivity contribution in [3.63, 3.8) is 0 Å². The van der Waals surface area contributed by atoms with E-state index in [1.807, 2.05) is 30.3 Å². The first-order chi connectivity index (χ1) is 11.5. The first-order valence-corrected chi connectivity index (χ1v) is 9.50. The average Bonchev–Trinajstić information content (AvgIpc) is 3.03. The smallest absolute Gasteiger partial charge is 0.268 e. The van der Waals surface area contributed by atoms with E-state index in [1.54, 1.807) is 11.4 Å². The molecule has 3 aromatic rings. The van der Waals surface area contributed by atoms with E-state index in [-0.39, 0.29) is 12.1 Å². The maximum Gasteiger partial charge on any atom is 0.268 e. The number of sulfonamides is 1. The molecule has 0 amide bonds. The zero-order chi connectivity index (χ0) is 17.2. The summed E-state index contributed by atoms with van der Waals surface area (Å²) in [6.45, 7) is -0.0114. The van der Waals surface area contributed by atoms with Gasteiger partial charge in [-0.2, -0.15) is 4.31 Å². The number of fused-ring (bicyclic) bond motifs is 1. The molecule has 124 valence electrons. The first-order valence-electron chi connectivity index (χ1n) is 7.11. The lowest BCUT2D eigenvalue weighted by molar-refractivity contribution is 0.465. The average molecular weight is 361 g/mol. The van der Waals surface area contributed by atoms with Gasteiger partial charge < -0.3 is 4.98 Å². The minimum absolute atomic E-state index is 0.0114. The van der Waals surface area contributed by atoms with E-state index < -0.39 is 10.0 Å². The van der Waals surface area contributed by atoms with Crippen LogP contribution in [0.25, 0.3) is 16.3 Å². The summed E-state index contributed by atoms with van der Waals surface area (Å²) in [7, 11) is -2.17. The van der Waals surface area contributed by atoms with Gasteiger partial charge in [-0.1, -0.05) is 30.3 Å². The van der Waals surface area contributed by atoms with Gasteiger partial charge in [-0.25, -0.2) is 13.4 Å². The molecule has 0 bridgehead atoms. The molecular weight excluding hydrogens is 346 g/mol. The van der Waals surface area contributed by atoms with E-state index >= 15 is 0 Å². The van der Waals surface area contributed by atoms with Crippen molar-refractivity contribution in [3.05, 3.63) is 68.9 Å². The number of aromatic amines is 1. The molecule has 24 heavy (non-hydrogen) atoms. The normalized spacial score (nSPS) is 12.4. The number of thiophene rings is 1. The Kier molecular flexibility index (Phi) is 4.61. The van der Waals surface area contributed by atoms with Gasteiger partial charge in [-0.3, -0.25) is 4.79 Å². The quantitative estimate of drug-likeness (QED) is 0.756. The van der Waals surface area contributed by atoms with Gasteiger partial charge in [0.25, 0.3) is 5.56 Å². The highest BCUT2D eigenvalue weighted by Crippen LogP contribution is 2.15. The second kappa shape index (κ2) is 6.68. The molecule has 3 rings (SSSR count). The van der Waals surface area contributed by atoms with Gasteiger partial charge in [0, 0.05) is 12.5 Å². The number of aromatic nitrogens is 2. The Morgan fingerprint density at radius 2 is 2.00 bits per heavy atom. The van der Waals surface area contributed by atoms with Crippen molar-refractivity contribution in [2.24, 2.45) is 0 Å². The molecule has 2 heterocycles. The predicted molar refractivity (Wildman–Crippen MR) is 96.1 cm³/mol. The lowest BCUT2D eigenvalue weighted by atomic mass is 10.2. The Hall–Kier alpha value is -2.29. The fraction of sp³-hybridized carbons (Fsp3) is 0.125. The van der Waals surface area contributed by atoms with Crippen LogP contribution in [0.3, 0.4) is 0 Å². The lowest BCUT2D eigenvalue weighted by Crippen LogP contribution is -2.26. The van der Waals surface area contributed by atoms with E-state index in [4.69, 9.17) is 0 Å². The van der Waals surface area contributed by atoms with E-state index in [2.05, 4.69) is 9.97 Å². The summed E-state index contributed by atoms with van der Waals surface area (Å²) < 4.78 is 26.3. The molecule has 0 aliphatic heterocycles. The van der Waals surface area contributed by atoms with Crippen LogP contribution in [0, 0.1) is 0 Å². The van der Waals surface area contributed by atoms with Gasteiger partial charge in [-0.05, 0) is 23.1 Å². The topological polar surface area (TPSA) is 83.1 Å². The summed E-state index contributed by atoms with van der Waals surface area (Å²) >= 11 is 1.30. The SMILES string of the molecule is CN(Cc1nc2ccsc2c(=O)[nH]1)S(=O)(=O)C=Cc1ccccc1. The van der Waals surface area contributed by atoms with Crippen LogP contribution in [0.15, 0.2) is 52.0 Å². The van der Waals surface area contributed by atoms with Crippen LogP contribution in [0.4, 0.5) is 0 Å². The molecule has 0 atom stereocenters. The molecule has 0 saturated carbocycles. The third-order valence-corrected chi connectivity index (χ3v) is 5.78. The van der Waals surface area contributed by atoms with Crippen molar-refractivity contribution in [2.75, 3.05) is 7.05 Å². The summed E-state index contributed by atoms with van der Waals surface area (Å²) in [6, 6.07) is 10.9. The summed E-state index contributed by atoms with van der Waals surface area (Å²) in [4.78, 5) is 18.9. The Bertz CT molecular complexity index is 1040. The van der Waals surface area contributed by atoms with Crippen molar-refractivity contribution in [1.29, 1.82) is 0 Å². The number of nitrogens with one attached hydrogen (secondary N) is 1. The van der Waals surface area contributed by atoms with Crippen LogP contribution in [-0.2, 0) is 16.6 Å². The highest BCUT2D eigenvalue weighted by Gasteiger charge is 2.16. The molecule has 8 heteroatoms. The minimum Gasteiger partial charge on any atom is -0.308 e. The monoisotopic (exact) mass is 361 g/mol. The van der Waals surface area contributed by atoms with Gasteiger partial charge in [0.2, 0.25) is 10.0 Å². The van der Waals surface area contributed by atoms with Crippen molar-refractivity contribution < 1.29 is 8.42 Å². The van der Waals surface area contributed by atoms with Crippen molar-refractivity contribution in [1.82, 2.24) is 14.3 Å². The fourth-order valence-corrected chi connectivity index (χ4v) is 3.69. The standard InChI is InChI=1S/C16H15N3O3S2/c1-19(24(21,22)10-8-12-5-3-2-4-6-12)11-14-17-13-7-9-23-15(13)16(20)18-14/h2-10H,11H2,1H3,(H,17,18,20). The molecule has 0 aliphatic rings. The van der Waals surface area contributed by atoms with E-state index in [0.717, 1.165) is 15.3 Å². The molecule has 0 saturated heterocycles. The molecule has 1 N–H and O–H groups in total. The van der Waals surface area contributed by atoms with E-state index in [1.165, 1.54) is 24.5 Å². The maximum absolute atomic E-state index is 12.3. The van der Waals surface area contributed by atoms with Crippen molar-refractivity contribution in [2.45, 2.75) is 6.54 Å². The largest absolute Gasteiger partial charge is 0.308 e. The molecule has 6 nitrogen and oxygen atoms in total. The second-order valence-electron chi connectivity index (χ2n) is 5.16. The maximum atomic E-state index is 12.3. The third-order valence-electron chi connectivity index (χ3n) is 3.40. The summed E-state index contributed by atoms with van der Waals surface area (Å²) in [5, 5.41) is 2.92. The van der Waals surface area contributed by atoms with E-state index in [9.17, 15) is 13.2 Å². The van der Waals surface area contributed by atoms with Crippen LogP contribution >= 0.6 is 11.3 Å². The Morgan fingerprint density at radius 3 is 2.75 bits per heavy atom. The van der Waals surface area contributed by atoms with Crippen LogP contribution in [0.2, 0.25) is 0 Å². The van der Waals surface area contributed by atoms with Gasteiger partial charge >= 0.3 is 0 Å². The lowest BCUT2D eigenvalue weighted by Gasteiger charge is -2.13. The fourth-order valence-electron chi connectivity index (χ4n) is 2.13. The number of H-pyrrole nitrogens is 1. The number of hydrogen-bond donors (Lipinski definition) is 1. The van der Waals surface area contributed by atoms with Crippen LogP contribution in [0.1, 0.15) is 11.4 Å². The Labute approximate surface area is 143 Å². The molecule has 1 aromatic carbocycles. The van der Waals surface area contributed by atoms with Gasteiger partial charge in [-0.15, -0.1) is 11.3 Å². The number of benzene rings is 1.